The van der Waals surface area contributed by atoms with Gasteiger partial charge in [0.2, 0.25) is 5.91 Å². The number of amides is 2. The van der Waals surface area contributed by atoms with Gasteiger partial charge in [-0.25, -0.2) is 0 Å². The normalized spacial score (nSPS) is 15.5. The highest BCUT2D eigenvalue weighted by atomic mass is 16.3. The van der Waals surface area contributed by atoms with E-state index in [1.165, 1.54) is 0 Å². The third-order valence-corrected chi connectivity index (χ3v) is 4.54. The van der Waals surface area contributed by atoms with Gasteiger partial charge in [0.15, 0.2) is 0 Å². The molecular formula is C21H18N2O3. The molecule has 5 heteroatoms. The number of carbonyl (C=O) groups excluding carboxylic acids is 2. The minimum absolute atomic E-state index is 0.173. The number of nitrogens with zero attached hydrogens (tertiary/aromatic N) is 1. The molecule has 130 valence electrons. The number of hydrogen-bond donors (Lipinski definition) is 1. The topological polar surface area (TPSA) is 62.6 Å². The second-order valence-electron chi connectivity index (χ2n) is 6.19. The van der Waals surface area contributed by atoms with Gasteiger partial charge in [-0.2, -0.15) is 0 Å². The smallest absolute Gasteiger partial charge is 0.259 e. The van der Waals surface area contributed by atoms with Crippen molar-refractivity contribution in [3.63, 3.8) is 0 Å². The summed E-state index contributed by atoms with van der Waals surface area (Å²) in [6.07, 6.45) is 2.07. The van der Waals surface area contributed by atoms with Crippen LogP contribution in [0.4, 0.5) is 5.69 Å². The van der Waals surface area contributed by atoms with Crippen LogP contribution < -0.4 is 10.2 Å². The molecule has 1 atom stereocenters. The summed E-state index contributed by atoms with van der Waals surface area (Å²) >= 11 is 0. The highest BCUT2D eigenvalue weighted by molar-refractivity contribution is 6.11. The average Bonchev–Trinajstić information content (AvgIpc) is 3.34. The molecule has 2 heterocycles. The van der Waals surface area contributed by atoms with Gasteiger partial charge in [0.1, 0.15) is 11.8 Å². The highest BCUT2D eigenvalue weighted by Gasteiger charge is 2.38. The van der Waals surface area contributed by atoms with Crippen LogP contribution in [0.1, 0.15) is 21.7 Å². The minimum atomic E-state index is -0.574. The lowest BCUT2D eigenvalue weighted by Gasteiger charge is -2.25. The molecule has 4 rings (SSSR count). The van der Waals surface area contributed by atoms with Crippen LogP contribution in [0.2, 0.25) is 0 Å². The molecule has 2 aromatic carbocycles. The maximum atomic E-state index is 13.1. The van der Waals surface area contributed by atoms with Crippen molar-refractivity contribution >= 4 is 17.5 Å². The molecule has 1 aromatic heterocycles. The van der Waals surface area contributed by atoms with Crippen LogP contribution in [0.15, 0.2) is 77.4 Å². The van der Waals surface area contributed by atoms with Crippen molar-refractivity contribution in [2.24, 2.45) is 0 Å². The van der Waals surface area contributed by atoms with Gasteiger partial charge in [0, 0.05) is 17.7 Å². The summed E-state index contributed by atoms with van der Waals surface area (Å²) in [6, 6.07) is 19.7. The lowest BCUT2D eigenvalue weighted by Crippen LogP contribution is -2.47. The van der Waals surface area contributed by atoms with E-state index in [-0.39, 0.29) is 11.8 Å². The van der Waals surface area contributed by atoms with Crippen LogP contribution in [0.5, 0.6) is 0 Å². The number of nitrogens with one attached hydrogen (secondary N) is 1. The van der Waals surface area contributed by atoms with Crippen molar-refractivity contribution in [3.05, 3.63) is 89.9 Å². The molecule has 1 N–H and O–H groups in total. The molecule has 5 nitrogen and oxygen atoms in total. The third kappa shape index (κ3) is 2.99. The van der Waals surface area contributed by atoms with E-state index in [2.05, 4.69) is 5.32 Å². The van der Waals surface area contributed by atoms with Crippen LogP contribution in [0, 0.1) is 0 Å². The Morgan fingerprint density at radius 3 is 2.54 bits per heavy atom. The third-order valence-electron chi connectivity index (χ3n) is 4.54. The number of rotatable bonds is 4. The van der Waals surface area contributed by atoms with Crippen molar-refractivity contribution in [2.75, 3.05) is 4.90 Å². The van der Waals surface area contributed by atoms with E-state index in [1.807, 2.05) is 42.5 Å². The number of para-hydroxylation sites is 1. The van der Waals surface area contributed by atoms with Crippen molar-refractivity contribution < 1.29 is 14.0 Å². The van der Waals surface area contributed by atoms with Gasteiger partial charge in [-0.15, -0.1) is 0 Å². The molecule has 0 saturated heterocycles. The summed E-state index contributed by atoms with van der Waals surface area (Å²) < 4.78 is 5.26. The summed E-state index contributed by atoms with van der Waals surface area (Å²) in [7, 11) is 0. The Bertz CT molecular complexity index is 919. The quantitative estimate of drug-likeness (QED) is 0.789. The van der Waals surface area contributed by atoms with E-state index in [0.717, 1.165) is 11.3 Å². The SMILES string of the molecule is O=C(NCc1ccco1)[C@@H]1Cc2ccccc2N1C(=O)c1ccccc1. The molecule has 0 saturated carbocycles. The molecule has 0 spiro atoms. The Hall–Kier alpha value is -3.34. The Morgan fingerprint density at radius 2 is 1.77 bits per heavy atom. The van der Waals surface area contributed by atoms with E-state index in [0.29, 0.717) is 24.3 Å². The molecule has 2 amide bonds. The average molecular weight is 346 g/mol. The first kappa shape index (κ1) is 16.1. The predicted molar refractivity (Wildman–Crippen MR) is 97.7 cm³/mol. The summed E-state index contributed by atoms with van der Waals surface area (Å²) in [5.74, 6) is 0.311. The summed E-state index contributed by atoms with van der Waals surface area (Å²) in [5, 5.41) is 2.87. The first-order chi connectivity index (χ1) is 12.7. The minimum Gasteiger partial charge on any atom is -0.467 e. The molecule has 0 fully saturated rings. The van der Waals surface area contributed by atoms with Crippen molar-refractivity contribution in [1.82, 2.24) is 5.32 Å². The first-order valence-electron chi connectivity index (χ1n) is 8.50. The maximum absolute atomic E-state index is 13.1. The largest absolute Gasteiger partial charge is 0.467 e. The van der Waals surface area contributed by atoms with Gasteiger partial charge >= 0.3 is 0 Å². The van der Waals surface area contributed by atoms with Crippen LogP contribution in [-0.4, -0.2) is 17.9 Å². The lowest BCUT2D eigenvalue weighted by atomic mass is 10.1. The molecule has 0 aliphatic carbocycles. The van der Waals surface area contributed by atoms with Crippen molar-refractivity contribution in [2.45, 2.75) is 19.0 Å². The zero-order chi connectivity index (χ0) is 17.9. The fraction of sp³-hybridized carbons (Fsp3) is 0.143. The number of furan rings is 1. The second kappa shape index (κ2) is 6.88. The number of benzene rings is 2. The summed E-state index contributed by atoms with van der Waals surface area (Å²) in [5.41, 5.74) is 2.35. The molecule has 3 aromatic rings. The van der Waals surface area contributed by atoms with Crippen molar-refractivity contribution in [1.29, 1.82) is 0 Å². The Morgan fingerprint density at radius 1 is 1.00 bits per heavy atom. The van der Waals surface area contributed by atoms with E-state index < -0.39 is 6.04 Å². The van der Waals surface area contributed by atoms with Gasteiger partial charge < -0.3 is 9.73 Å². The fourth-order valence-electron chi connectivity index (χ4n) is 3.27. The molecule has 0 unspecified atom stereocenters. The lowest BCUT2D eigenvalue weighted by molar-refractivity contribution is -0.122. The van der Waals surface area contributed by atoms with Gasteiger partial charge in [-0.05, 0) is 35.9 Å². The number of anilines is 1. The van der Waals surface area contributed by atoms with Gasteiger partial charge in [0.05, 0.1) is 12.8 Å². The zero-order valence-electron chi connectivity index (χ0n) is 14.1. The Balaban J connectivity index is 1.61. The molecule has 0 bridgehead atoms. The summed E-state index contributed by atoms with van der Waals surface area (Å²) in [6.45, 7) is 0.298. The van der Waals surface area contributed by atoms with Crippen LogP contribution in [0.25, 0.3) is 0 Å². The molecule has 1 aliphatic heterocycles. The van der Waals surface area contributed by atoms with E-state index in [9.17, 15) is 9.59 Å². The van der Waals surface area contributed by atoms with E-state index in [1.54, 1.807) is 35.4 Å². The molecular weight excluding hydrogens is 328 g/mol. The van der Waals surface area contributed by atoms with E-state index in [4.69, 9.17) is 4.42 Å². The Kier molecular flexibility index (Phi) is 4.27. The first-order valence-corrected chi connectivity index (χ1v) is 8.50. The van der Waals surface area contributed by atoms with Crippen molar-refractivity contribution in [3.8, 4) is 0 Å². The fourth-order valence-corrected chi connectivity index (χ4v) is 3.27. The molecule has 0 radical (unpaired) electrons. The van der Waals surface area contributed by atoms with Crippen LogP contribution in [0.3, 0.4) is 0 Å². The molecule has 1 aliphatic rings. The number of carbonyl (C=O) groups is 2. The predicted octanol–water partition coefficient (Wildman–Crippen LogP) is 3.17. The van der Waals surface area contributed by atoms with E-state index >= 15 is 0 Å². The second-order valence-corrected chi connectivity index (χ2v) is 6.19. The van der Waals surface area contributed by atoms with Gasteiger partial charge in [-0.3, -0.25) is 14.5 Å². The Labute approximate surface area is 151 Å². The summed E-state index contributed by atoms with van der Waals surface area (Å²) in [4.78, 5) is 27.5. The van der Waals surface area contributed by atoms with Gasteiger partial charge in [-0.1, -0.05) is 36.4 Å². The highest BCUT2D eigenvalue weighted by Crippen LogP contribution is 2.33. The van der Waals surface area contributed by atoms with Crippen LogP contribution in [-0.2, 0) is 17.8 Å². The zero-order valence-corrected chi connectivity index (χ0v) is 14.1. The maximum Gasteiger partial charge on any atom is 0.259 e. The standard InChI is InChI=1S/C21H18N2O3/c24-20(22-14-17-10-6-12-26-17)19-13-16-9-4-5-11-18(16)23(19)21(25)15-7-2-1-3-8-15/h1-12,19H,13-14H2,(H,22,24)/t19-/m0/s1. The monoisotopic (exact) mass is 346 g/mol. The molecule has 26 heavy (non-hydrogen) atoms. The number of fused-ring (bicyclic) bond motifs is 1. The number of hydrogen-bond acceptors (Lipinski definition) is 3. The van der Waals surface area contributed by atoms with Gasteiger partial charge in [0.25, 0.3) is 5.91 Å². The van der Waals surface area contributed by atoms with Crippen LogP contribution >= 0.6 is 0 Å².